The summed E-state index contributed by atoms with van der Waals surface area (Å²) in [6, 6.07) is 7.64. The summed E-state index contributed by atoms with van der Waals surface area (Å²) in [5.74, 6) is -0.0682. The number of hydrogen-bond acceptors (Lipinski definition) is 3. The first-order chi connectivity index (χ1) is 9.17. The third kappa shape index (κ3) is 3.84. The lowest BCUT2D eigenvalue weighted by Crippen LogP contribution is -2.06. The fourth-order valence-corrected chi connectivity index (χ4v) is 1.78. The van der Waals surface area contributed by atoms with Gasteiger partial charge in [0.25, 0.3) is 0 Å². The van der Waals surface area contributed by atoms with E-state index in [1.54, 1.807) is 0 Å². The van der Waals surface area contributed by atoms with Crippen molar-refractivity contribution >= 4 is 17.3 Å². The Kier molecular flexibility index (Phi) is 4.18. The molecule has 19 heavy (non-hydrogen) atoms. The molecule has 0 aliphatic rings. The second-order valence-electron chi connectivity index (χ2n) is 4.32. The van der Waals surface area contributed by atoms with Gasteiger partial charge in [-0.3, -0.25) is 9.48 Å². The van der Waals surface area contributed by atoms with Crippen LogP contribution in [0.2, 0.25) is 0 Å². The summed E-state index contributed by atoms with van der Waals surface area (Å²) in [5, 5.41) is 10.3. The molecule has 0 saturated carbocycles. The first-order valence-electron chi connectivity index (χ1n) is 6.30. The molecule has 0 radical (unpaired) electrons. The lowest BCUT2D eigenvalue weighted by Gasteiger charge is -2.07. The van der Waals surface area contributed by atoms with E-state index < -0.39 is 0 Å². The van der Waals surface area contributed by atoms with Gasteiger partial charge < -0.3 is 10.6 Å². The Bertz CT molecular complexity index is 562. The van der Waals surface area contributed by atoms with E-state index in [4.69, 9.17) is 0 Å². The van der Waals surface area contributed by atoms with Gasteiger partial charge in [-0.25, -0.2) is 0 Å². The standard InChI is InChI=1S/C14H18N4O/c1-3-18-10-12(9-16-18)8-15-13-5-4-6-14(7-13)17-11(2)19/h4-7,9-10,15H,3,8H2,1-2H3,(H,17,19). The van der Waals surface area contributed by atoms with Crippen LogP contribution < -0.4 is 10.6 Å². The molecule has 1 heterocycles. The Morgan fingerprint density at radius 2 is 2.16 bits per heavy atom. The quantitative estimate of drug-likeness (QED) is 0.866. The molecule has 2 aromatic rings. The van der Waals surface area contributed by atoms with E-state index in [-0.39, 0.29) is 5.91 Å². The number of hydrogen-bond donors (Lipinski definition) is 2. The van der Waals surface area contributed by atoms with Crippen molar-refractivity contribution in [3.8, 4) is 0 Å². The van der Waals surface area contributed by atoms with E-state index >= 15 is 0 Å². The average Bonchev–Trinajstić information content (AvgIpc) is 2.84. The molecule has 1 aromatic carbocycles. The molecule has 0 fully saturated rings. The molecule has 1 aromatic heterocycles. The summed E-state index contributed by atoms with van der Waals surface area (Å²) in [5.41, 5.74) is 2.89. The predicted molar refractivity (Wildman–Crippen MR) is 76.0 cm³/mol. The van der Waals surface area contributed by atoms with Gasteiger partial charge in [0.15, 0.2) is 0 Å². The number of benzene rings is 1. The fraction of sp³-hybridized carbons (Fsp3) is 0.286. The Balaban J connectivity index is 1.97. The zero-order valence-corrected chi connectivity index (χ0v) is 11.2. The van der Waals surface area contributed by atoms with Crippen molar-refractivity contribution in [1.82, 2.24) is 9.78 Å². The SMILES string of the molecule is CCn1cc(CNc2cccc(NC(C)=O)c2)cn1. The second-order valence-corrected chi connectivity index (χ2v) is 4.32. The number of anilines is 2. The van der Waals surface area contributed by atoms with Gasteiger partial charge in [-0.15, -0.1) is 0 Å². The van der Waals surface area contributed by atoms with Crippen molar-refractivity contribution in [2.75, 3.05) is 10.6 Å². The van der Waals surface area contributed by atoms with Gasteiger partial charge in [0.2, 0.25) is 5.91 Å². The molecule has 0 aliphatic carbocycles. The van der Waals surface area contributed by atoms with Crippen LogP contribution in [-0.2, 0) is 17.9 Å². The van der Waals surface area contributed by atoms with Crippen LogP contribution in [0.3, 0.4) is 0 Å². The largest absolute Gasteiger partial charge is 0.381 e. The lowest BCUT2D eigenvalue weighted by molar-refractivity contribution is -0.114. The first-order valence-corrected chi connectivity index (χ1v) is 6.30. The van der Waals surface area contributed by atoms with E-state index in [2.05, 4.69) is 22.7 Å². The average molecular weight is 258 g/mol. The number of aryl methyl sites for hydroxylation is 1. The summed E-state index contributed by atoms with van der Waals surface area (Å²) in [4.78, 5) is 11.0. The van der Waals surface area contributed by atoms with Crippen molar-refractivity contribution in [2.45, 2.75) is 26.9 Å². The van der Waals surface area contributed by atoms with Crippen LogP contribution in [0.4, 0.5) is 11.4 Å². The van der Waals surface area contributed by atoms with Gasteiger partial charge in [-0.05, 0) is 25.1 Å². The summed E-state index contributed by atoms with van der Waals surface area (Å²) >= 11 is 0. The number of rotatable bonds is 5. The van der Waals surface area contributed by atoms with Crippen molar-refractivity contribution in [1.29, 1.82) is 0 Å². The molecule has 2 rings (SSSR count). The summed E-state index contributed by atoms with van der Waals surface area (Å²) in [6.45, 7) is 5.14. The van der Waals surface area contributed by atoms with Crippen LogP contribution in [0.25, 0.3) is 0 Å². The lowest BCUT2D eigenvalue weighted by atomic mass is 10.2. The highest BCUT2D eigenvalue weighted by Crippen LogP contribution is 2.15. The van der Waals surface area contributed by atoms with Gasteiger partial charge in [0.05, 0.1) is 6.20 Å². The molecule has 0 saturated heterocycles. The molecule has 0 bridgehead atoms. The molecule has 5 heteroatoms. The van der Waals surface area contributed by atoms with E-state index in [0.29, 0.717) is 6.54 Å². The van der Waals surface area contributed by atoms with Crippen LogP contribution in [0.15, 0.2) is 36.7 Å². The summed E-state index contributed by atoms with van der Waals surface area (Å²) in [7, 11) is 0. The van der Waals surface area contributed by atoms with Gasteiger partial charge in [-0.1, -0.05) is 6.07 Å². The van der Waals surface area contributed by atoms with Crippen molar-refractivity contribution < 1.29 is 4.79 Å². The Hall–Kier alpha value is -2.30. The van der Waals surface area contributed by atoms with Gasteiger partial charge >= 0.3 is 0 Å². The number of carbonyl (C=O) groups is 1. The highest BCUT2D eigenvalue weighted by molar-refractivity contribution is 5.89. The smallest absolute Gasteiger partial charge is 0.221 e. The number of carbonyl (C=O) groups excluding carboxylic acids is 1. The Morgan fingerprint density at radius 3 is 2.84 bits per heavy atom. The molecule has 1 amide bonds. The topological polar surface area (TPSA) is 59.0 Å². The monoisotopic (exact) mass is 258 g/mol. The third-order valence-corrected chi connectivity index (χ3v) is 2.69. The molecule has 100 valence electrons. The maximum atomic E-state index is 11.0. The van der Waals surface area contributed by atoms with Gasteiger partial charge in [-0.2, -0.15) is 5.10 Å². The zero-order valence-electron chi connectivity index (χ0n) is 11.2. The van der Waals surface area contributed by atoms with Crippen molar-refractivity contribution in [3.63, 3.8) is 0 Å². The fourth-order valence-electron chi connectivity index (χ4n) is 1.78. The number of nitrogens with zero attached hydrogens (tertiary/aromatic N) is 2. The Labute approximate surface area is 112 Å². The third-order valence-electron chi connectivity index (χ3n) is 2.69. The molecule has 2 N–H and O–H groups in total. The van der Waals surface area contributed by atoms with E-state index in [1.165, 1.54) is 6.92 Å². The van der Waals surface area contributed by atoms with Gasteiger partial charge in [0, 0.05) is 43.1 Å². The Morgan fingerprint density at radius 1 is 1.37 bits per heavy atom. The summed E-state index contributed by atoms with van der Waals surface area (Å²) < 4.78 is 1.89. The van der Waals surface area contributed by atoms with Crippen LogP contribution >= 0.6 is 0 Å². The van der Waals surface area contributed by atoms with Crippen molar-refractivity contribution in [3.05, 3.63) is 42.2 Å². The molecular weight excluding hydrogens is 240 g/mol. The van der Waals surface area contributed by atoms with Crippen LogP contribution in [0.5, 0.6) is 0 Å². The highest BCUT2D eigenvalue weighted by atomic mass is 16.1. The zero-order chi connectivity index (χ0) is 13.7. The minimum absolute atomic E-state index is 0.0682. The highest BCUT2D eigenvalue weighted by Gasteiger charge is 2.00. The molecule has 5 nitrogen and oxygen atoms in total. The summed E-state index contributed by atoms with van der Waals surface area (Å²) in [6.07, 6.45) is 3.87. The molecule has 0 aliphatic heterocycles. The van der Waals surface area contributed by atoms with Crippen LogP contribution in [0, 0.1) is 0 Å². The number of nitrogens with one attached hydrogen (secondary N) is 2. The van der Waals surface area contributed by atoms with E-state index in [0.717, 1.165) is 23.5 Å². The maximum absolute atomic E-state index is 11.0. The van der Waals surface area contributed by atoms with Crippen molar-refractivity contribution in [2.24, 2.45) is 0 Å². The van der Waals surface area contributed by atoms with E-state index in [9.17, 15) is 4.79 Å². The second kappa shape index (κ2) is 6.04. The molecular formula is C14H18N4O. The maximum Gasteiger partial charge on any atom is 0.221 e. The normalized spacial score (nSPS) is 10.2. The molecule has 0 unspecified atom stereocenters. The van der Waals surface area contributed by atoms with Crippen LogP contribution in [0.1, 0.15) is 19.4 Å². The first kappa shape index (κ1) is 13.1. The minimum atomic E-state index is -0.0682. The molecule has 0 atom stereocenters. The molecule has 0 spiro atoms. The minimum Gasteiger partial charge on any atom is -0.381 e. The van der Waals surface area contributed by atoms with Gasteiger partial charge in [0.1, 0.15) is 0 Å². The number of aromatic nitrogens is 2. The van der Waals surface area contributed by atoms with E-state index in [1.807, 2.05) is 41.3 Å². The van der Waals surface area contributed by atoms with Crippen LogP contribution in [-0.4, -0.2) is 15.7 Å². The number of amides is 1. The predicted octanol–water partition coefficient (Wildman–Crippen LogP) is 2.47.